The second kappa shape index (κ2) is 5.68. The third kappa shape index (κ3) is 2.46. The molecule has 1 aliphatic rings. The van der Waals surface area contributed by atoms with Gasteiger partial charge in [0.15, 0.2) is 0 Å². The molecule has 0 radical (unpaired) electrons. The lowest BCUT2D eigenvalue weighted by atomic mass is 10.0. The zero-order valence-electron chi connectivity index (χ0n) is 11.6. The molecule has 1 aromatic carbocycles. The Bertz CT molecular complexity index is 673. The summed E-state index contributed by atoms with van der Waals surface area (Å²) in [5.74, 6) is 0. The van der Waals surface area contributed by atoms with E-state index in [9.17, 15) is 10.5 Å². The fraction of sp³-hybridized carbons (Fsp3) is 0.312. The standard InChI is InChI=1S/C16H15N5/c17-10-13-4-1-5-14(11-18)16(13)20-8-2-6-15(12-20)21-9-3-7-19-21/h1,3-5,7,9,15H,2,6,8,12H2. The van der Waals surface area contributed by atoms with Gasteiger partial charge in [-0.05, 0) is 31.0 Å². The summed E-state index contributed by atoms with van der Waals surface area (Å²) in [5, 5.41) is 22.9. The van der Waals surface area contributed by atoms with Gasteiger partial charge in [0.2, 0.25) is 0 Å². The molecule has 1 aliphatic heterocycles. The first-order chi connectivity index (χ1) is 10.3. The highest BCUT2D eigenvalue weighted by Gasteiger charge is 2.25. The zero-order valence-corrected chi connectivity index (χ0v) is 11.6. The van der Waals surface area contributed by atoms with E-state index in [1.807, 2.05) is 16.9 Å². The molecule has 2 aromatic rings. The lowest BCUT2D eigenvalue weighted by molar-refractivity contribution is 0.376. The largest absolute Gasteiger partial charge is 0.367 e. The lowest BCUT2D eigenvalue weighted by Gasteiger charge is -2.35. The van der Waals surface area contributed by atoms with Crippen LogP contribution in [0.2, 0.25) is 0 Å². The number of para-hydroxylation sites is 1. The average molecular weight is 277 g/mol. The van der Waals surface area contributed by atoms with Crippen molar-refractivity contribution in [3.05, 3.63) is 47.8 Å². The molecule has 5 nitrogen and oxygen atoms in total. The van der Waals surface area contributed by atoms with Gasteiger partial charge < -0.3 is 4.90 Å². The number of nitriles is 2. The number of piperidine rings is 1. The van der Waals surface area contributed by atoms with Crippen molar-refractivity contribution < 1.29 is 0 Å². The smallest absolute Gasteiger partial charge is 0.101 e. The van der Waals surface area contributed by atoms with Crippen molar-refractivity contribution in [2.24, 2.45) is 0 Å². The van der Waals surface area contributed by atoms with Crippen LogP contribution >= 0.6 is 0 Å². The van der Waals surface area contributed by atoms with Crippen LogP contribution in [-0.4, -0.2) is 22.9 Å². The van der Waals surface area contributed by atoms with Crippen LogP contribution in [0.1, 0.15) is 30.0 Å². The molecule has 1 saturated heterocycles. The van der Waals surface area contributed by atoms with Crippen molar-refractivity contribution in [2.75, 3.05) is 18.0 Å². The van der Waals surface area contributed by atoms with Gasteiger partial charge in [0, 0.05) is 25.5 Å². The van der Waals surface area contributed by atoms with Crippen LogP contribution in [-0.2, 0) is 0 Å². The Morgan fingerprint density at radius 1 is 1.14 bits per heavy atom. The first-order valence-electron chi connectivity index (χ1n) is 7.01. The number of rotatable bonds is 2. The maximum atomic E-state index is 9.32. The zero-order chi connectivity index (χ0) is 14.7. The second-order valence-corrected chi connectivity index (χ2v) is 5.15. The molecule has 1 fully saturated rings. The summed E-state index contributed by atoms with van der Waals surface area (Å²) >= 11 is 0. The van der Waals surface area contributed by atoms with E-state index < -0.39 is 0 Å². The fourth-order valence-electron chi connectivity index (χ4n) is 2.94. The third-order valence-electron chi connectivity index (χ3n) is 3.89. The molecule has 0 N–H and O–H groups in total. The van der Waals surface area contributed by atoms with E-state index in [1.54, 1.807) is 24.4 Å². The number of anilines is 1. The van der Waals surface area contributed by atoms with Gasteiger partial charge in [-0.15, -0.1) is 0 Å². The minimum atomic E-state index is 0.284. The van der Waals surface area contributed by atoms with E-state index in [0.29, 0.717) is 11.1 Å². The average Bonchev–Trinajstić information content (AvgIpc) is 3.08. The molecule has 21 heavy (non-hydrogen) atoms. The van der Waals surface area contributed by atoms with Crippen LogP contribution in [0.3, 0.4) is 0 Å². The Labute approximate surface area is 123 Å². The van der Waals surface area contributed by atoms with Gasteiger partial charge in [-0.25, -0.2) is 0 Å². The summed E-state index contributed by atoms with van der Waals surface area (Å²) in [6, 6.07) is 11.9. The van der Waals surface area contributed by atoms with Crippen LogP contribution in [0.5, 0.6) is 0 Å². The van der Waals surface area contributed by atoms with Crippen molar-refractivity contribution in [1.29, 1.82) is 10.5 Å². The van der Waals surface area contributed by atoms with Gasteiger partial charge in [-0.2, -0.15) is 15.6 Å². The summed E-state index contributed by atoms with van der Waals surface area (Å²) in [6.07, 6.45) is 5.84. The van der Waals surface area contributed by atoms with E-state index >= 15 is 0 Å². The Balaban J connectivity index is 1.94. The van der Waals surface area contributed by atoms with Gasteiger partial charge in [0.05, 0.1) is 22.9 Å². The van der Waals surface area contributed by atoms with E-state index in [4.69, 9.17) is 0 Å². The minimum Gasteiger partial charge on any atom is -0.367 e. The molecule has 5 heteroatoms. The Hall–Kier alpha value is -2.79. The first kappa shape index (κ1) is 13.2. The number of benzene rings is 1. The van der Waals surface area contributed by atoms with Crippen molar-refractivity contribution in [3.63, 3.8) is 0 Å². The number of hydrogen-bond acceptors (Lipinski definition) is 4. The van der Waals surface area contributed by atoms with E-state index in [1.165, 1.54) is 0 Å². The predicted octanol–water partition coefficient (Wildman–Crippen LogP) is 2.47. The molecule has 0 aliphatic carbocycles. The maximum Gasteiger partial charge on any atom is 0.101 e. The fourth-order valence-corrected chi connectivity index (χ4v) is 2.94. The molecule has 0 spiro atoms. The highest BCUT2D eigenvalue weighted by molar-refractivity contribution is 5.68. The van der Waals surface area contributed by atoms with Crippen molar-refractivity contribution in [2.45, 2.75) is 18.9 Å². The third-order valence-corrected chi connectivity index (χ3v) is 3.89. The van der Waals surface area contributed by atoms with Gasteiger partial charge >= 0.3 is 0 Å². The van der Waals surface area contributed by atoms with Crippen LogP contribution in [0.15, 0.2) is 36.7 Å². The van der Waals surface area contributed by atoms with Crippen molar-refractivity contribution >= 4 is 5.69 Å². The highest BCUT2D eigenvalue weighted by Crippen LogP contribution is 2.30. The van der Waals surface area contributed by atoms with Crippen molar-refractivity contribution in [1.82, 2.24) is 9.78 Å². The Morgan fingerprint density at radius 3 is 2.52 bits per heavy atom. The monoisotopic (exact) mass is 277 g/mol. The topological polar surface area (TPSA) is 68.6 Å². The van der Waals surface area contributed by atoms with Crippen LogP contribution in [0.25, 0.3) is 0 Å². The quantitative estimate of drug-likeness (QED) is 0.845. The molecule has 1 aromatic heterocycles. The van der Waals surface area contributed by atoms with E-state index in [-0.39, 0.29) is 6.04 Å². The van der Waals surface area contributed by atoms with Crippen LogP contribution < -0.4 is 4.90 Å². The first-order valence-corrected chi connectivity index (χ1v) is 7.01. The van der Waals surface area contributed by atoms with Gasteiger partial charge in [-0.1, -0.05) is 6.07 Å². The maximum absolute atomic E-state index is 9.32. The molecular weight excluding hydrogens is 262 g/mol. The van der Waals surface area contributed by atoms with Crippen molar-refractivity contribution in [3.8, 4) is 12.1 Å². The van der Waals surface area contributed by atoms with E-state index in [0.717, 1.165) is 31.6 Å². The summed E-state index contributed by atoms with van der Waals surface area (Å²) in [4.78, 5) is 2.15. The molecular formula is C16H15N5. The number of nitrogens with zero attached hydrogens (tertiary/aromatic N) is 5. The SMILES string of the molecule is N#Cc1cccc(C#N)c1N1CCCC(n2cccn2)C1. The molecule has 0 amide bonds. The van der Waals surface area contributed by atoms with Gasteiger partial charge in [-0.3, -0.25) is 4.68 Å². The second-order valence-electron chi connectivity index (χ2n) is 5.15. The summed E-state index contributed by atoms with van der Waals surface area (Å²) in [5.41, 5.74) is 1.89. The molecule has 2 heterocycles. The Kier molecular flexibility index (Phi) is 3.57. The summed E-state index contributed by atoms with van der Waals surface area (Å²) in [7, 11) is 0. The van der Waals surface area contributed by atoms with Gasteiger partial charge in [0.1, 0.15) is 12.1 Å². The van der Waals surface area contributed by atoms with Gasteiger partial charge in [0.25, 0.3) is 0 Å². The van der Waals surface area contributed by atoms with Crippen LogP contribution in [0.4, 0.5) is 5.69 Å². The number of hydrogen-bond donors (Lipinski definition) is 0. The molecule has 104 valence electrons. The molecule has 3 rings (SSSR count). The lowest BCUT2D eigenvalue weighted by Crippen LogP contribution is -2.37. The highest BCUT2D eigenvalue weighted by atomic mass is 15.3. The van der Waals surface area contributed by atoms with E-state index in [2.05, 4.69) is 22.1 Å². The number of aromatic nitrogens is 2. The minimum absolute atomic E-state index is 0.284. The Morgan fingerprint density at radius 2 is 1.90 bits per heavy atom. The summed E-state index contributed by atoms with van der Waals surface area (Å²) < 4.78 is 1.97. The predicted molar refractivity (Wildman–Crippen MR) is 78.6 cm³/mol. The normalized spacial score (nSPS) is 18.0. The molecule has 1 unspecified atom stereocenters. The molecule has 1 atom stereocenters. The molecule has 0 bridgehead atoms. The summed E-state index contributed by atoms with van der Waals surface area (Å²) in [6.45, 7) is 1.64. The van der Waals surface area contributed by atoms with Crippen LogP contribution in [0, 0.1) is 22.7 Å². The molecule has 0 saturated carbocycles.